The fourth-order valence-corrected chi connectivity index (χ4v) is 6.78. The molecule has 6 N–H and O–H groups in total. The van der Waals surface area contributed by atoms with Gasteiger partial charge in [-0.3, -0.25) is 0 Å². The van der Waals surface area contributed by atoms with Crippen molar-refractivity contribution in [3.05, 3.63) is 108 Å². The van der Waals surface area contributed by atoms with Gasteiger partial charge in [-0.2, -0.15) is 0 Å². The molecule has 0 radical (unpaired) electrons. The summed E-state index contributed by atoms with van der Waals surface area (Å²) in [5, 5.41) is 63.5. The molecule has 6 rings (SSSR count). The topological polar surface area (TPSA) is 195 Å². The van der Waals surface area contributed by atoms with Crippen LogP contribution in [0.25, 0.3) is 0 Å². The molecular formula is C39H50O14. The first-order valence-electron chi connectivity index (χ1n) is 17.9. The van der Waals surface area contributed by atoms with Crippen LogP contribution in [0.4, 0.5) is 0 Å². The standard InChI is InChI=1S/C39H50O14/c1-23-33(47-19-24-11-5-2-6-12-24)36(48-20-25-13-7-3-8-14-25)37(49-21-26-15-9-4-10-16-26)39(50-23)53-35-32(45)31(44)28(17-40)51-38(35)52-34-29(18-41)46-22-27(42)30(34)43/h2-16,23,27-45H,17-22H2,1H3. The first-order chi connectivity index (χ1) is 25.8. The van der Waals surface area contributed by atoms with Crippen LogP contribution in [0.15, 0.2) is 91.0 Å². The minimum Gasteiger partial charge on any atom is -0.394 e. The van der Waals surface area contributed by atoms with Gasteiger partial charge < -0.3 is 68.5 Å². The SMILES string of the molecule is CC1OC(OC2C(OC3C(CO)OCC(O)C3O)OC(CO)C(O)C2O)C(OCc2ccccc2)C(OCc2ccccc2)C1OCc1ccccc1. The summed E-state index contributed by atoms with van der Waals surface area (Å²) < 4.78 is 50.1. The van der Waals surface area contributed by atoms with Crippen molar-refractivity contribution in [2.75, 3.05) is 19.8 Å². The molecule has 3 heterocycles. The molecular weight excluding hydrogens is 692 g/mol. The largest absolute Gasteiger partial charge is 0.394 e. The van der Waals surface area contributed by atoms with Crippen molar-refractivity contribution in [2.45, 2.75) is 113 Å². The molecule has 14 atom stereocenters. The summed E-state index contributed by atoms with van der Waals surface area (Å²) in [6, 6.07) is 28.8. The fraction of sp³-hybridized carbons (Fsp3) is 0.538. The van der Waals surface area contributed by atoms with Gasteiger partial charge in [-0.15, -0.1) is 0 Å². The molecule has 14 heteroatoms. The lowest BCUT2D eigenvalue weighted by atomic mass is 9.96. The fourth-order valence-electron chi connectivity index (χ4n) is 6.78. The molecule has 0 spiro atoms. The number of hydrogen-bond donors (Lipinski definition) is 6. The van der Waals surface area contributed by atoms with Gasteiger partial charge in [-0.1, -0.05) is 91.0 Å². The predicted octanol–water partition coefficient (Wildman–Crippen LogP) is 0.810. The van der Waals surface area contributed by atoms with Crippen molar-refractivity contribution < 1.29 is 68.5 Å². The summed E-state index contributed by atoms with van der Waals surface area (Å²) in [6.45, 7) is 0.889. The predicted molar refractivity (Wildman–Crippen MR) is 186 cm³/mol. The van der Waals surface area contributed by atoms with Gasteiger partial charge in [0.1, 0.15) is 67.1 Å². The zero-order chi connectivity index (χ0) is 37.3. The molecule has 0 saturated carbocycles. The third-order valence-electron chi connectivity index (χ3n) is 9.75. The Kier molecular flexibility index (Phi) is 14.3. The average Bonchev–Trinajstić information content (AvgIpc) is 3.18. The van der Waals surface area contributed by atoms with E-state index in [2.05, 4.69) is 0 Å². The monoisotopic (exact) mass is 742 g/mol. The maximum absolute atomic E-state index is 11.5. The first-order valence-corrected chi connectivity index (χ1v) is 17.9. The number of aliphatic hydroxyl groups excluding tert-OH is 6. The Morgan fingerprint density at radius 1 is 0.528 bits per heavy atom. The van der Waals surface area contributed by atoms with E-state index in [-0.39, 0.29) is 26.4 Å². The van der Waals surface area contributed by atoms with Crippen molar-refractivity contribution >= 4 is 0 Å². The van der Waals surface area contributed by atoms with E-state index < -0.39 is 99.0 Å². The maximum atomic E-state index is 11.5. The summed E-state index contributed by atoms with van der Waals surface area (Å²) in [7, 11) is 0. The Hall–Kier alpha value is -2.90. The van der Waals surface area contributed by atoms with E-state index in [0.29, 0.717) is 0 Å². The molecule has 0 aliphatic carbocycles. The molecule has 3 aromatic carbocycles. The summed E-state index contributed by atoms with van der Waals surface area (Å²) in [5.74, 6) is 0. The molecule has 53 heavy (non-hydrogen) atoms. The second-order valence-corrected chi connectivity index (χ2v) is 13.5. The molecule has 0 bridgehead atoms. The van der Waals surface area contributed by atoms with Gasteiger partial charge in [0.15, 0.2) is 12.6 Å². The lowest BCUT2D eigenvalue weighted by Gasteiger charge is -2.49. The molecule has 0 amide bonds. The smallest absolute Gasteiger partial charge is 0.187 e. The number of aliphatic hydroxyl groups is 6. The van der Waals surface area contributed by atoms with Crippen LogP contribution in [0, 0.1) is 0 Å². The van der Waals surface area contributed by atoms with Crippen LogP contribution in [0.3, 0.4) is 0 Å². The van der Waals surface area contributed by atoms with Crippen LogP contribution < -0.4 is 0 Å². The van der Waals surface area contributed by atoms with Gasteiger partial charge in [0.05, 0.1) is 45.7 Å². The normalized spacial score (nSPS) is 36.3. The number of rotatable bonds is 15. The Morgan fingerprint density at radius 3 is 1.53 bits per heavy atom. The van der Waals surface area contributed by atoms with E-state index in [4.69, 9.17) is 37.9 Å². The lowest BCUT2D eigenvalue weighted by molar-refractivity contribution is -0.385. The highest BCUT2D eigenvalue weighted by Crippen LogP contribution is 2.35. The second kappa shape index (κ2) is 19.1. The van der Waals surface area contributed by atoms with Gasteiger partial charge >= 0.3 is 0 Å². The Balaban J connectivity index is 1.31. The number of hydrogen-bond acceptors (Lipinski definition) is 14. The van der Waals surface area contributed by atoms with Crippen molar-refractivity contribution in [3.8, 4) is 0 Å². The Labute approximate surface area is 308 Å². The third-order valence-corrected chi connectivity index (χ3v) is 9.75. The van der Waals surface area contributed by atoms with E-state index in [1.54, 1.807) is 6.92 Å². The summed E-state index contributed by atoms with van der Waals surface area (Å²) in [6.07, 6.45) is -17.3. The quantitative estimate of drug-likeness (QED) is 0.128. The van der Waals surface area contributed by atoms with Crippen LogP contribution in [-0.2, 0) is 57.7 Å². The zero-order valence-electron chi connectivity index (χ0n) is 29.4. The van der Waals surface area contributed by atoms with Crippen LogP contribution in [0.2, 0.25) is 0 Å². The van der Waals surface area contributed by atoms with E-state index in [0.717, 1.165) is 16.7 Å². The Bertz CT molecular complexity index is 1490. The van der Waals surface area contributed by atoms with E-state index in [1.807, 2.05) is 91.0 Å². The van der Waals surface area contributed by atoms with E-state index in [1.165, 1.54) is 0 Å². The molecule has 3 aliphatic heterocycles. The highest BCUT2D eigenvalue weighted by Gasteiger charge is 2.54. The second-order valence-electron chi connectivity index (χ2n) is 13.5. The average molecular weight is 743 g/mol. The Morgan fingerprint density at radius 2 is 1.00 bits per heavy atom. The highest BCUT2D eigenvalue weighted by atomic mass is 16.8. The lowest BCUT2D eigenvalue weighted by Crippen LogP contribution is -2.66. The molecule has 290 valence electrons. The van der Waals surface area contributed by atoms with Crippen LogP contribution in [0.5, 0.6) is 0 Å². The molecule has 3 aliphatic rings. The summed E-state index contributed by atoms with van der Waals surface area (Å²) in [4.78, 5) is 0. The van der Waals surface area contributed by atoms with Crippen molar-refractivity contribution in [1.82, 2.24) is 0 Å². The van der Waals surface area contributed by atoms with Gasteiger partial charge in [-0.05, 0) is 23.6 Å². The molecule has 0 aromatic heterocycles. The summed E-state index contributed by atoms with van der Waals surface area (Å²) >= 11 is 0. The van der Waals surface area contributed by atoms with Crippen molar-refractivity contribution in [2.24, 2.45) is 0 Å². The number of ether oxygens (including phenoxy) is 8. The molecule has 3 aromatic rings. The van der Waals surface area contributed by atoms with E-state index in [9.17, 15) is 30.6 Å². The van der Waals surface area contributed by atoms with Gasteiger partial charge in [0.25, 0.3) is 0 Å². The minimum atomic E-state index is -1.70. The van der Waals surface area contributed by atoms with Crippen LogP contribution >= 0.6 is 0 Å². The highest BCUT2D eigenvalue weighted by molar-refractivity contribution is 5.16. The van der Waals surface area contributed by atoms with Gasteiger partial charge in [0, 0.05) is 0 Å². The minimum absolute atomic E-state index is 0.125. The van der Waals surface area contributed by atoms with Crippen LogP contribution in [-0.4, -0.2) is 136 Å². The van der Waals surface area contributed by atoms with Crippen molar-refractivity contribution in [3.63, 3.8) is 0 Å². The van der Waals surface area contributed by atoms with E-state index >= 15 is 0 Å². The molecule has 3 saturated heterocycles. The first kappa shape index (κ1) is 39.8. The molecule has 14 nitrogen and oxygen atoms in total. The van der Waals surface area contributed by atoms with Crippen molar-refractivity contribution in [1.29, 1.82) is 0 Å². The van der Waals surface area contributed by atoms with Gasteiger partial charge in [-0.25, -0.2) is 0 Å². The maximum Gasteiger partial charge on any atom is 0.187 e. The zero-order valence-corrected chi connectivity index (χ0v) is 29.4. The number of benzene rings is 3. The van der Waals surface area contributed by atoms with Crippen LogP contribution in [0.1, 0.15) is 23.6 Å². The third kappa shape index (κ3) is 9.86. The summed E-state index contributed by atoms with van der Waals surface area (Å²) in [5.41, 5.74) is 2.71. The molecule has 3 fully saturated rings. The molecule has 14 unspecified atom stereocenters. The van der Waals surface area contributed by atoms with Gasteiger partial charge in [0.2, 0.25) is 0 Å².